The van der Waals surface area contributed by atoms with E-state index in [2.05, 4.69) is 0 Å². The zero-order chi connectivity index (χ0) is 14.0. The van der Waals surface area contributed by atoms with Crippen LogP contribution in [0.5, 0.6) is 0 Å². The summed E-state index contributed by atoms with van der Waals surface area (Å²) in [6.45, 7) is 1.70. The van der Waals surface area contributed by atoms with Crippen LogP contribution in [0.25, 0.3) is 0 Å². The van der Waals surface area contributed by atoms with E-state index in [-0.39, 0.29) is 16.9 Å². The lowest BCUT2D eigenvalue weighted by Crippen LogP contribution is -2.31. The van der Waals surface area contributed by atoms with Gasteiger partial charge in [0.1, 0.15) is 0 Å². The maximum absolute atomic E-state index is 12.8. The van der Waals surface area contributed by atoms with Gasteiger partial charge in [0.05, 0.1) is 16.9 Å². The fraction of sp³-hybridized carbons (Fsp3) is 0.400. The van der Waals surface area contributed by atoms with Gasteiger partial charge in [-0.3, -0.25) is 4.57 Å². The Bertz CT molecular complexity index is 461. The van der Waals surface area contributed by atoms with E-state index in [4.69, 9.17) is 50.9 Å². The maximum Gasteiger partial charge on any atom is 0.265 e. The van der Waals surface area contributed by atoms with Crippen molar-refractivity contribution < 1.29 is 14.2 Å². The van der Waals surface area contributed by atoms with Crippen LogP contribution < -0.4 is 5.30 Å². The first-order valence-corrected chi connectivity index (χ1v) is 8.18. The monoisotopic (exact) mass is 350 g/mol. The number of alkyl halides is 3. The molecule has 0 radical (unpaired) electrons. The van der Waals surface area contributed by atoms with E-state index in [0.717, 1.165) is 0 Å². The second kappa shape index (κ2) is 6.32. The van der Waals surface area contributed by atoms with Crippen molar-refractivity contribution in [2.75, 3.05) is 6.61 Å². The third kappa shape index (κ3) is 3.55. The van der Waals surface area contributed by atoms with Crippen LogP contribution in [-0.4, -0.2) is 21.4 Å². The minimum Gasteiger partial charge on any atom is -0.379 e. The first kappa shape index (κ1) is 16.6. The molecule has 0 aliphatic rings. The van der Waals surface area contributed by atoms with Crippen molar-refractivity contribution in [3.63, 3.8) is 0 Å². The van der Waals surface area contributed by atoms with Crippen LogP contribution in [0, 0.1) is 0 Å². The average molecular weight is 352 g/mol. The van der Waals surface area contributed by atoms with Crippen molar-refractivity contribution in [1.82, 2.24) is 0 Å². The molecular formula is C10H11Cl4O3P. The minimum atomic E-state index is -3.79. The fourth-order valence-corrected chi connectivity index (χ4v) is 4.99. The summed E-state index contributed by atoms with van der Waals surface area (Å²) in [5.41, 5.74) is 0. The van der Waals surface area contributed by atoms with Gasteiger partial charge in [-0.1, -0.05) is 58.5 Å². The van der Waals surface area contributed by atoms with Gasteiger partial charge in [0, 0.05) is 0 Å². The van der Waals surface area contributed by atoms with Crippen LogP contribution in [0.1, 0.15) is 6.92 Å². The van der Waals surface area contributed by atoms with Gasteiger partial charge >= 0.3 is 0 Å². The van der Waals surface area contributed by atoms with E-state index in [1.54, 1.807) is 19.1 Å². The van der Waals surface area contributed by atoms with E-state index in [0.29, 0.717) is 0 Å². The molecule has 0 bridgehead atoms. The average Bonchev–Trinajstić information content (AvgIpc) is 2.27. The molecule has 1 aromatic rings. The SMILES string of the molecule is CCO[P@@](=O)(c1ccccc1Cl)[C@H](O)C(Cl)(Cl)Cl. The lowest BCUT2D eigenvalue weighted by Gasteiger charge is -2.28. The molecule has 0 amide bonds. The summed E-state index contributed by atoms with van der Waals surface area (Å²) < 4.78 is 15.8. The lowest BCUT2D eigenvalue weighted by molar-refractivity contribution is 0.218. The molecule has 0 fully saturated rings. The Morgan fingerprint density at radius 2 is 1.94 bits per heavy atom. The van der Waals surface area contributed by atoms with E-state index < -0.39 is 17.0 Å². The second-order valence-electron chi connectivity index (χ2n) is 3.38. The number of aliphatic hydroxyl groups excluding tert-OH is 1. The van der Waals surface area contributed by atoms with Crippen molar-refractivity contribution >= 4 is 59.1 Å². The molecule has 0 spiro atoms. The molecular weight excluding hydrogens is 341 g/mol. The number of benzene rings is 1. The van der Waals surface area contributed by atoms with E-state index in [1.165, 1.54) is 12.1 Å². The van der Waals surface area contributed by atoms with Crippen molar-refractivity contribution in [3.8, 4) is 0 Å². The number of rotatable bonds is 4. The second-order valence-corrected chi connectivity index (χ2v) is 8.58. The molecule has 2 atom stereocenters. The number of hydrogen-bond donors (Lipinski definition) is 1. The molecule has 0 aliphatic carbocycles. The van der Waals surface area contributed by atoms with Gasteiger partial charge in [0.15, 0.2) is 5.85 Å². The Balaban J connectivity index is 3.33. The third-order valence-electron chi connectivity index (χ3n) is 2.12. The van der Waals surface area contributed by atoms with E-state index >= 15 is 0 Å². The summed E-state index contributed by atoms with van der Waals surface area (Å²) in [5.74, 6) is -1.80. The Kier molecular flexibility index (Phi) is 5.82. The Labute approximate surface area is 125 Å². The summed E-state index contributed by atoms with van der Waals surface area (Å²) in [4.78, 5) is 0. The van der Waals surface area contributed by atoms with Crippen molar-refractivity contribution in [2.45, 2.75) is 16.6 Å². The zero-order valence-electron chi connectivity index (χ0n) is 9.32. The van der Waals surface area contributed by atoms with Gasteiger partial charge < -0.3 is 9.63 Å². The van der Waals surface area contributed by atoms with Gasteiger partial charge in [0.2, 0.25) is 3.79 Å². The molecule has 0 saturated carbocycles. The molecule has 1 rings (SSSR count). The molecule has 0 saturated heterocycles. The first-order valence-electron chi connectivity index (χ1n) is 4.97. The van der Waals surface area contributed by atoms with Gasteiger partial charge in [-0.25, -0.2) is 0 Å². The Hall–Kier alpha value is 0.530. The molecule has 102 valence electrons. The molecule has 0 heterocycles. The van der Waals surface area contributed by atoms with Gasteiger partial charge in [-0.15, -0.1) is 0 Å². The highest BCUT2D eigenvalue weighted by Gasteiger charge is 2.48. The fourth-order valence-electron chi connectivity index (χ4n) is 1.36. The van der Waals surface area contributed by atoms with E-state index in [1.807, 2.05) is 0 Å². The highest BCUT2D eigenvalue weighted by molar-refractivity contribution is 7.68. The molecule has 0 aliphatic heterocycles. The topological polar surface area (TPSA) is 46.5 Å². The summed E-state index contributed by atoms with van der Waals surface area (Å²) >= 11 is 22.7. The maximum atomic E-state index is 12.8. The van der Waals surface area contributed by atoms with Crippen LogP contribution in [-0.2, 0) is 9.09 Å². The quantitative estimate of drug-likeness (QED) is 0.659. The minimum absolute atomic E-state index is 0.0836. The van der Waals surface area contributed by atoms with Crippen LogP contribution in [0.2, 0.25) is 5.02 Å². The smallest absolute Gasteiger partial charge is 0.265 e. The highest BCUT2D eigenvalue weighted by Crippen LogP contribution is 2.58. The van der Waals surface area contributed by atoms with Crippen LogP contribution >= 0.6 is 53.8 Å². The van der Waals surface area contributed by atoms with Crippen molar-refractivity contribution in [1.29, 1.82) is 0 Å². The first-order chi connectivity index (χ1) is 8.23. The zero-order valence-corrected chi connectivity index (χ0v) is 13.2. The van der Waals surface area contributed by atoms with Gasteiger partial charge in [-0.2, -0.15) is 0 Å². The van der Waals surface area contributed by atoms with Crippen LogP contribution in [0.15, 0.2) is 24.3 Å². The molecule has 8 heteroatoms. The highest BCUT2D eigenvalue weighted by atomic mass is 35.6. The Morgan fingerprint density at radius 3 is 2.39 bits per heavy atom. The number of hydrogen-bond acceptors (Lipinski definition) is 3. The molecule has 0 aromatic heterocycles. The predicted molar refractivity (Wildman–Crippen MR) is 76.6 cm³/mol. The summed E-state index contributed by atoms with van der Waals surface area (Å²) in [5, 5.41) is 10.3. The standard InChI is InChI=1S/C10H11Cl4O3P/c1-2-17-18(16,9(15)10(12,13)14)8-6-4-3-5-7(8)11/h3-6,9,15H,2H2,1H3/t9-,18-/m0/s1. The molecule has 1 aromatic carbocycles. The van der Waals surface area contributed by atoms with Gasteiger partial charge in [-0.05, 0) is 19.1 Å². The normalized spacial score (nSPS) is 17.2. The van der Waals surface area contributed by atoms with Crippen molar-refractivity contribution in [2.24, 2.45) is 0 Å². The van der Waals surface area contributed by atoms with Crippen LogP contribution in [0.3, 0.4) is 0 Å². The summed E-state index contributed by atoms with van der Waals surface area (Å²) in [6, 6.07) is 6.26. The molecule has 3 nitrogen and oxygen atoms in total. The summed E-state index contributed by atoms with van der Waals surface area (Å²) in [7, 11) is -3.79. The van der Waals surface area contributed by atoms with Gasteiger partial charge in [0.25, 0.3) is 7.37 Å². The summed E-state index contributed by atoms with van der Waals surface area (Å²) in [6.07, 6.45) is 0. The molecule has 0 unspecified atom stereocenters. The van der Waals surface area contributed by atoms with Crippen molar-refractivity contribution in [3.05, 3.63) is 29.3 Å². The number of halogens is 4. The largest absolute Gasteiger partial charge is 0.379 e. The third-order valence-corrected chi connectivity index (χ3v) is 6.40. The number of aliphatic hydroxyl groups is 1. The van der Waals surface area contributed by atoms with E-state index in [9.17, 15) is 9.67 Å². The molecule has 1 N–H and O–H groups in total. The lowest BCUT2D eigenvalue weighted by atomic mass is 10.4. The molecule has 18 heavy (non-hydrogen) atoms. The Morgan fingerprint density at radius 1 is 1.39 bits per heavy atom. The predicted octanol–water partition coefficient (Wildman–Crippen LogP) is 3.97. The van der Waals surface area contributed by atoms with Crippen LogP contribution in [0.4, 0.5) is 0 Å².